The zero-order valence-corrected chi connectivity index (χ0v) is 14.7. The molecule has 0 saturated carbocycles. The first kappa shape index (κ1) is 17.2. The van der Waals surface area contributed by atoms with Crippen molar-refractivity contribution in [1.82, 2.24) is 9.80 Å². The number of amides is 1. The Kier molecular flexibility index (Phi) is 5.74. The van der Waals surface area contributed by atoms with E-state index in [1.54, 1.807) is 0 Å². The van der Waals surface area contributed by atoms with Crippen molar-refractivity contribution < 1.29 is 14.3 Å². The second kappa shape index (κ2) is 7.99. The zero-order chi connectivity index (χ0) is 16.9. The van der Waals surface area contributed by atoms with Gasteiger partial charge in [0.15, 0.2) is 6.61 Å². The van der Waals surface area contributed by atoms with Gasteiger partial charge in [-0.1, -0.05) is 18.2 Å². The predicted molar refractivity (Wildman–Crippen MR) is 93.1 cm³/mol. The van der Waals surface area contributed by atoms with Crippen molar-refractivity contribution in [2.24, 2.45) is 0 Å². The van der Waals surface area contributed by atoms with E-state index in [4.69, 9.17) is 9.47 Å². The Balaban J connectivity index is 1.43. The number of ether oxygens (including phenoxy) is 2. The molecule has 5 heteroatoms. The maximum Gasteiger partial charge on any atom is 0.260 e. The lowest BCUT2D eigenvalue weighted by Gasteiger charge is -2.43. The van der Waals surface area contributed by atoms with E-state index in [2.05, 4.69) is 18.7 Å². The van der Waals surface area contributed by atoms with Gasteiger partial charge in [-0.05, 0) is 38.8 Å². The van der Waals surface area contributed by atoms with Gasteiger partial charge in [-0.15, -0.1) is 0 Å². The molecule has 2 aliphatic rings. The Bertz CT molecular complexity index is 519. The van der Waals surface area contributed by atoms with Crippen LogP contribution in [0.25, 0.3) is 0 Å². The first-order valence-corrected chi connectivity index (χ1v) is 8.97. The molecule has 2 fully saturated rings. The molecule has 3 rings (SSSR count). The number of hydrogen-bond donors (Lipinski definition) is 0. The van der Waals surface area contributed by atoms with Crippen LogP contribution in [-0.2, 0) is 9.53 Å². The molecule has 0 spiro atoms. The van der Waals surface area contributed by atoms with Gasteiger partial charge in [0.25, 0.3) is 5.91 Å². The van der Waals surface area contributed by atoms with Crippen molar-refractivity contribution in [2.75, 3.05) is 32.8 Å². The molecule has 1 aromatic carbocycles. The topological polar surface area (TPSA) is 42.0 Å². The molecule has 0 aliphatic carbocycles. The van der Waals surface area contributed by atoms with Gasteiger partial charge in [0.2, 0.25) is 0 Å². The Morgan fingerprint density at radius 1 is 1.12 bits per heavy atom. The molecule has 2 heterocycles. The number of carbonyl (C=O) groups is 1. The number of carbonyl (C=O) groups excluding carboxylic acids is 1. The summed E-state index contributed by atoms with van der Waals surface area (Å²) in [4.78, 5) is 16.8. The molecular weight excluding hydrogens is 304 g/mol. The van der Waals surface area contributed by atoms with Crippen LogP contribution in [0.4, 0.5) is 0 Å². The van der Waals surface area contributed by atoms with Crippen LogP contribution in [0.1, 0.15) is 26.7 Å². The molecule has 0 radical (unpaired) electrons. The standard InChI is InChI=1S/C19H28N2O3/c1-15-12-21(13-16(2)24-15)17-8-10-20(11-9-17)19(22)14-23-18-6-4-3-5-7-18/h3-7,15-17H,8-14H2,1-2H3/t15-,16+. The Morgan fingerprint density at radius 3 is 2.38 bits per heavy atom. The average molecular weight is 332 g/mol. The molecule has 0 aromatic heterocycles. The van der Waals surface area contributed by atoms with Gasteiger partial charge in [0, 0.05) is 32.2 Å². The minimum Gasteiger partial charge on any atom is -0.484 e. The number of nitrogens with zero attached hydrogens (tertiary/aromatic N) is 2. The third-order valence-corrected chi connectivity index (χ3v) is 4.89. The molecule has 1 amide bonds. The summed E-state index contributed by atoms with van der Waals surface area (Å²) in [7, 11) is 0. The van der Waals surface area contributed by atoms with Gasteiger partial charge in [-0.2, -0.15) is 0 Å². The lowest BCUT2D eigenvalue weighted by molar-refractivity contribution is -0.136. The molecule has 132 valence electrons. The number of hydrogen-bond acceptors (Lipinski definition) is 4. The molecule has 0 bridgehead atoms. The second-order valence-electron chi connectivity index (χ2n) is 6.92. The summed E-state index contributed by atoms with van der Waals surface area (Å²) in [5.74, 6) is 0.832. The van der Waals surface area contributed by atoms with Gasteiger partial charge >= 0.3 is 0 Å². The summed E-state index contributed by atoms with van der Waals surface area (Å²) in [6, 6.07) is 10.1. The molecule has 2 saturated heterocycles. The molecule has 1 aromatic rings. The summed E-state index contributed by atoms with van der Waals surface area (Å²) >= 11 is 0. The van der Waals surface area contributed by atoms with Crippen molar-refractivity contribution in [3.05, 3.63) is 30.3 Å². The largest absolute Gasteiger partial charge is 0.484 e. The quantitative estimate of drug-likeness (QED) is 0.847. The maximum atomic E-state index is 12.3. The highest BCUT2D eigenvalue weighted by molar-refractivity contribution is 5.77. The van der Waals surface area contributed by atoms with Gasteiger partial charge in [0.1, 0.15) is 5.75 Å². The van der Waals surface area contributed by atoms with Crippen LogP contribution in [0.2, 0.25) is 0 Å². The van der Waals surface area contributed by atoms with E-state index in [0.29, 0.717) is 18.2 Å². The smallest absolute Gasteiger partial charge is 0.260 e. The van der Waals surface area contributed by atoms with E-state index in [1.165, 1.54) is 0 Å². The van der Waals surface area contributed by atoms with E-state index in [-0.39, 0.29) is 12.5 Å². The van der Waals surface area contributed by atoms with Crippen LogP contribution >= 0.6 is 0 Å². The van der Waals surface area contributed by atoms with Crippen LogP contribution in [-0.4, -0.2) is 66.7 Å². The summed E-state index contributed by atoms with van der Waals surface area (Å²) < 4.78 is 11.4. The number of benzene rings is 1. The zero-order valence-electron chi connectivity index (χ0n) is 14.7. The normalized spacial score (nSPS) is 26.3. The second-order valence-corrected chi connectivity index (χ2v) is 6.92. The molecule has 0 N–H and O–H groups in total. The number of morpholine rings is 1. The van der Waals surface area contributed by atoms with Crippen LogP contribution in [0, 0.1) is 0 Å². The van der Waals surface area contributed by atoms with Crippen LogP contribution in [0.15, 0.2) is 30.3 Å². The van der Waals surface area contributed by atoms with Crippen LogP contribution < -0.4 is 4.74 Å². The first-order valence-electron chi connectivity index (χ1n) is 8.97. The number of piperidine rings is 1. The third kappa shape index (κ3) is 4.48. The number of para-hydroxylation sites is 1. The Hall–Kier alpha value is -1.59. The van der Waals surface area contributed by atoms with Gasteiger partial charge in [-0.3, -0.25) is 9.69 Å². The van der Waals surface area contributed by atoms with Crippen LogP contribution in [0.5, 0.6) is 5.75 Å². The minimum absolute atomic E-state index is 0.0843. The summed E-state index contributed by atoms with van der Waals surface area (Å²) in [5, 5.41) is 0. The van der Waals surface area contributed by atoms with Crippen molar-refractivity contribution in [3.8, 4) is 5.75 Å². The van der Waals surface area contributed by atoms with E-state index < -0.39 is 0 Å². The molecule has 2 aliphatic heterocycles. The maximum absolute atomic E-state index is 12.3. The highest BCUT2D eigenvalue weighted by atomic mass is 16.5. The van der Waals surface area contributed by atoms with E-state index in [1.807, 2.05) is 35.2 Å². The molecule has 2 atom stereocenters. The Morgan fingerprint density at radius 2 is 1.75 bits per heavy atom. The van der Waals surface area contributed by atoms with Crippen molar-refractivity contribution in [3.63, 3.8) is 0 Å². The average Bonchev–Trinajstić information content (AvgIpc) is 2.60. The summed E-state index contributed by atoms with van der Waals surface area (Å²) in [6.07, 6.45) is 2.67. The summed E-state index contributed by atoms with van der Waals surface area (Å²) in [6.45, 7) is 8.05. The van der Waals surface area contributed by atoms with E-state index in [9.17, 15) is 4.79 Å². The van der Waals surface area contributed by atoms with E-state index in [0.717, 1.165) is 44.8 Å². The van der Waals surface area contributed by atoms with Crippen molar-refractivity contribution >= 4 is 5.91 Å². The van der Waals surface area contributed by atoms with E-state index >= 15 is 0 Å². The molecule has 0 unspecified atom stereocenters. The monoisotopic (exact) mass is 332 g/mol. The fraction of sp³-hybridized carbons (Fsp3) is 0.632. The highest BCUT2D eigenvalue weighted by Gasteiger charge is 2.31. The number of rotatable bonds is 4. The fourth-order valence-electron chi connectivity index (χ4n) is 3.75. The van der Waals surface area contributed by atoms with Gasteiger partial charge in [-0.25, -0.2) is 0 Å². The summed E-state index contributed by atoms with van der Waals surface area (Å²) in [5.41, 5.74) is 0. The Labute approximate surface area is 144 Å². The van der Waals surface area contributed by atoms with Crippen molar-refractivity contribution in [1.29, 1.82) is 0 Å². The molecular formula is C19H28N2O3. The fourth-order valence-corrected chi connectivity index (χ4v) is 3.75. The lowest BCUT2D eigenvalue weighted by Crippen LogP contribution is -2.54. The molecule has 5 nitrogen and oxygen atoms in total. The molecule has 24 heavy (non-hydrogen) atoms. The first-order chi connectivity index (χ1) is 11.6. The predicted octanol–water partition coefficient (Wildman–Crippen LogP) is 2.17. The lowest BCUT2D eigenvalue weighted by atomic mass is 10.0. The third-order valence-electron chi connectivity index (χ3n) is 4.89. The minimum atomic E-state index is 0.0843. The van der Waals surface area contributed by atoms with Crippen LogP contribution in [0.3, 0.4) is 0 Å². The highest BCUT2D eigenvalue weighted by Crippen LogP contribution is 2.21. The van der Waals surface area contributed by atoms with Gasteiger partial charge in [0.05, 0.1) is 12.2 Å². The SMILES string of the molecule is C[C@@H]1CN(C2CCN(C(=O)COc3ccccc3)CC2)C[C@H](C)O1. The number of likely N-dealkylation sites (tertiary alicyclic amines) is 1. The van der Waals surface area contributed by atoms with Crippen molar-refractivity contribution in [2.45, 2.75) is 44.9 Å². The van der Waals surface area contributed by atoms with Gasteiger partial charge < -0.3 is 14.4 Å².